The van der Waals surface area contributed by atoms with Crippen molar-refractivity contribution in [2.75, 3.05) is 33.2 Å². The molecule has 2 fully saturated rings. The molecule has 0 amide bonds. The summed E-state index contributed by atoms with van der Waals surface area (Å²) in [5, 5.41) is 0. The van der Waals surface area contributed by atoms with E-state index in [9.17, 15) is 0 Å². The van der Waals surface area contributed by atoms with E-state index in [1.807, 2.05) is 0 Å². The van der Waals surface area contributed by atoms with Gasteiger partial charge in [0.25, 0.3) is 0 Å². The van der Waals surface area contributed by atoms with Crippen LogP contribution in [0.5, 0.6) is 0 Å². The fraction of sp³-hybridized carbons (Fsp3) is 1.00. The smallest absolute Gasteiger partial charge is 0.0335 e. The zero-order valence-corrected chi connectivity index (χ0v) is 10.9. The molecule has 94 valence electrons. The van der Waals surface area contributed by atoms with Crippen LogP contribution >= 0.6 is 0 Å². The molecule has 1 atom stereocenters. The van der Waals surface area contributed by atoms with Crippen molar-refractivity contribution >= 4 is 0 Å². The number of nitrogens with zero attached hydrogens (tertiary/aromatic N) is 2. The zero-order chi connectivity index (χ0) is 11.6. The van der Waals surface area contributed by atoms with E-state index in [1.165, 1.54) is 51.7 Å². The van der Waals surface area contributed by atoms with Crippen LogP contribution in [0, 0.1) is 0 Å². The molecule has 1 saturated heterocycles. The lowest BCUT2D eigenvalue weighted by Crippen LogP contribution is -2.63. The predicted octanol–water partition coefficient (Wildman–Crippen LogP) is 1.28. The lowest BCUT2D eigenvalue weighted by molar-refractivity contribution is -0.0172. The van der Waals surface area contributed by atoms with E-state index in [4.69, 9.17) is 5.73 Å². The molecule has 1 aliphatic heterocycles. The fourth-order valence-corrected chi connectivity index (χ4v) is 3.66. The first kappa shape index (κ1) is 12.3. The van der Waals surface area contributed by atoms with E-state index in [2.05, 4.69) is 23.8 Å². The minimum Gasteiger partial charge on any atom is -0.329 e. The third-order valence-electron chi connectivity index (χ3n) is 4.60. The molecule has 1 saturated carbocycles. The van der Waals surface area contributed by atoms with Gasteiger partial charge in [-0.05, 0) is 26.8 Å². The van der Waals surface area contributed by atoms with Crippen LogP contribution in [0.3, 0.4) is 0 Å². The minimum atomic E-state index is 0.332. The van der Waals surface area contributed by atoms with Crippen molar-refractivity contribution in [3.63, 3.8) is 0 Å². The molecule has 2 aliphatic rings. The molecule has 0 spiro atoms. The summed E-state index contributed by atoms with van der Waals surface area (Å²) in [7, 11) is 2.23. The summed E-state index contributed by atoms with van der Waals surface area (Å²) in [5.74, 6) is 0. The maximum atomic E-state index is 6.11. The Morgan fingerprint density at radius 2 is 1.88 bits per heavy atom. The number of nitrogens with two attached hydrogens (primary N) is 1. The number of hydrogen-bond donors (Lipinski definition) is 1. The van der Waals surface area contributed by atoms with Crippen LogP contribution in [0.25, 0.3) is 0 Å². The maximum absolute atomic E-state index is 6.11. The van der Waals surface area contributed by atoms with Crippen LogP contribution in [0.1, 0.15) is 39.0 Å². The lowest BCUT2D eigenvalue weighted by Gasteiger charge is -2.52. The molecule has 0 aromatic heterocycles. The van der Waals surface area contributed by atoms with Crippen LogP contribution in [0.2, 0.25) is 0 Å². The van der Waals surface area contributed by atoms with Crippen LogP contribution in [0.4, 0.5) is 0 Å². The molecule has 3 heteroatoms. The van der Waals surface area contributed by atoms with Gasteiger partial charge in [-0.2, -0.15) is 0 Å². The summed E-state index contributed by atoms with van der Waals surface area (Å²) in [6.07, 6.45) is 6.78. The average Bonchev–Trinajstić information content (AvgIpc) is 2.30. The zero-order valence-electron chi connectivity index (χ0n) is 10.9. The molecule has 3 nitrogen and oxygen atoms in total. The average molecular weight is 225 g/mol. The highest BCUT2D eigenvalue weighted by atomic mass is 15.3. The second-order valence-corrected chi connectivity index (χ2v) is 5.79. The van der Waals surface area contributed by atoms with Gasteiger partial charge in [0.1, 0.15) is 0 Å². The highest BCUT2D eigenvalue weighted by molar-refractivity contribution is 4.98. The Hall–Kier alpha value is -0.120. The van der Waals surface area contributed by atoms with Crippen LogP contribution in [-0.2, 0) is 0 Å². The summed E-state index contributed by atoms with van der Waals surface area (Å²) < 4.78 is 0. The van der Waals surface area contributed by atoms with Crippen LogP contribution in [0.15, 0.2) is 0 Å². The first-order valence-corrected chi connectivity index (χ1v) is 6.83. The predicted molar refractivity (Wildman–Crippen MR) is 68.5 cm³/mol. The summed E-state index contributed by atoms with van der Waals surface area (Å²) in [6.45, 7) is 6.81. The molecule has 1 heterocycles. The van der Waals surface area contributed by atoms with Gasteiger partial charge < -0.3 is 10.6 Å². The van der Waals surface area contributed by atoms with E-state index in [0.29, 0.717) is 11.6 Å². The van der Waals surface area contributed by atoms with Crippen molar-refractivity contribution in [3.8, 4) is 0 Å². The fourth-order valence-electron chi connectivity index (χ4n) is 3.66. The highest BCUT2D eigenvalue weighted by Gasteiger charge is 2.40. The summed E-state index contributed by atoms with van der Waals surface area (Å²) in [6, 6.07) is 0.667. The topological polar surface area (TPSA) is 32.5 Å². The van der Waals surface area contributed by atoms with Crippen LogP contribution in [-0.4, -0.2) is 54.6 Å². The summed E-state index contributed by atoms with van der Waals surface area (Å²) in [4.78, 5) is 5.15. The Bertz CT molecular complexity index is 223. The Morgan fingerprint density at radius 1 is 1.19 bits per heavy atom. The molecule has 0 bridgehead atoms. The van der Waals surface area contributed by atoms with Crippen molar-refractivity contribution in [2.24, 2.45) is 5.73 Å². The summed E-state index contributed by atoms with van der Waals surface area (Å²) in [5.41, 5.74) is 6.44. The minimum absolute atomic E-state index is 0.332. The largest absolute Gasteiger partial charge is 0.329 e. The van der Waals surface area contributed by atoms with Gasteiger partial charge in [-0.25, -0.2) is 0 Å². The molecule has 1 aliphatic carbocycles. The summed E-state index contributed by atoms with van der Waals surface area (Å²) >= 11 is 0. The number of hydrogen-bond acceptors (Lipinski definition) is 3. The number of likely N-dealkylation sites (N-methyl/N-ethyl adjacent to an activating group) is 1. The molecule has 0 aromatic rings. The van der Waals surface area contributed by atoms with E-state index in [-0.39, 0.29) is 0 Å². The maximum Gasteiger partial charge on any atom is 0.0335 e. The van der Waals surface area contributed by atoms with Crippen LogP contribution < -0.4 is 5.73 Å². The van der Waals surface area contributed by atoms with Gasteiger partial charge in [0.15, 0.2) is 0 Å². The monoisotopic (exact) mass is 225 g/mol. The van der Waals surface area contributed by atoms with Gasteiger partial charge in [-0.1, -0.05) is 19.3 Å². The third kappa shape index (κ3) is 2.27. The van der Waals surface area contributed by atoms with E-state index in [1.54, 1.807) is 0 Å². The first-order chi connectivity index (χ1) is 7.68. The van der Waals surface area contributed by atoms with Crippen molar-refractivity contribution in [2.45, 2.75) is 50.6 Å². The molecule has 2 rings (SSSR count). The molecular formula is C13H27N3. The molecule has 1 unspecified atom stereocenters. The molecule has 2 N–H and O–H groups in total. The Morgan fingerprint density at radius 3 is 2.44 bits per heavy atom. The van der Waals surface area contributed by atoms with Gasteiger partial charge >= 0.3 is 0 Å². The van der Waals surface area contributed by atoms with Gasteiger partial charge in [0.05, 0.1) is 0 Å². The molecular weight excluding hydrogens is 198 g/mol. The molecule has 0 aromatic carbocycles. The second kappa shape index (κ2) is 5.03. The van der Waals surface area contributed by atoms with Crippen molar-refractivity contribution < 1.29 is 0 Å². The quantitative estimate of drug-likeness (QED) is 0.768. The standard InChI is InChI=1S/C13H27N3/c1-12-10-15(2)8-9-16(12)13(11-14)6-4-3-5-7-13/h12H,3-11,14H2,1-2H3. The van der Waals surface area contributed by atoms with Gasteiger partial charge in [0, 0.05) is 37.8 Å². The van der Waals surface area contributed by atoms with E-state index >= 15 is 0 Å². The molecule has 16 heavy (non-hydrogen) atoms. The van der Waals surface area contributed by atoms with Gasteiger partial charge in [-0.3, -0.25) is 4.90 Å². The van der Waals surface area contributed by atoms with E-state index < -0.39 is 0 Å². The van der Waals surface area contributed by atoms with Gasteiger partial charge in [-0.15, -0.1) is 0 Å². The highest BCUT2D eigenvalue weighted by Crippen LogP contribution is 2.35. The third-order valence-corrected chi connectivity index (χ3v) is 4.60. The van der Waals surface area contributed by atoms with Crippen molar-refractivity contribution in [1.29, 1.82) is 0 Å². The van der Waals surface area contributed by atoms with Crippen molar-refractivity contribution in [3.05, 3.63) is 0 Å². The lowest BCUT2D eigenvalue weighted by atomic mass is 9.79. The normalized spacial score (nSPS) is 32.8. The molecule has 0 radical (unpaired) electrons. The van der Waals surface area contributed by atoms with Crippen molar-refractivity contribution in [1.82, 2.24) is 9.80 Å². The van der Waals surface area contributed by atoms with Gasteiger partial charge in [0.2, 0.25) is 0 Å². The second-order valence-electron chi connectivity index (χ2n) is 5.79. The SMILES string of the molecule is CC1CN(C)CCN1C1(CN)CCCCC1. The first-order valence-electron chi connectivity index (χ1n) is 6.83. The van der Waals surface area contributed by atoms with E-state index in [0.717, 1.165) is 6.54 Å². The number of piperazine rings is 1. The Kier molecular flexibility index (Phi) is 3.88. The Labute approximate surface area is 100.0 Å². The number of rotatable bonds is 2. The Balaban J connectivity index is 2.07.